The Hall–Kier alpha value is -1.52. The van der Waals surface area contributed by atoms with Gasteiger partial charge in [0.15, 0.2) is 9.34 Å². The Kier molecular flexibility index (Phi) is 4.88. The smallest absolute Gasteiger partial charge is 0.254 e. The summed E-state index contributed by atoms with van der Waals surface area (Å²) < 4.78 is 26.9. The minimum absolute atomic E-state index is 0.127. The van der Waals surface area contributed by atoms with E-state index in [0.29, 0.717) is 32.4 Å². The van der Waals surface area contributed by atoms with Crippen LogP contribution in [0.4, 0.5) is 5.13 Å². The topological polar surface area (TPSA) is 99.7 Å². The molecule has 2 aliphatic rings. The van der Waals surface area contributed by atoms with E-state index in [1.54, 1.807) is 0 Å². The first-order valence-corrected chi connectivity index (χ1v) is 10.2. The maximum atomic E-state index is 12.7. The van der Waals surface area contributed by atoms with Gasteiger partial charge in [-0.25, -0.2) is 13.4 Å². The molecule has 1 aromatic rings. The number of amides is 2. The van der Waals surface area contributed by atoms with E-state index in [0.717, 1.165) is 24.3 Å². The summed E-state index contributed by atoms with van der Waals surface area (Å²) in [7, 11) is -3.60. The van der Waals surface area contributed by atoms with Crippen LogP contribution in [0.1, 0.15) is 32.6 Å². The Morgan fingerprint density at radius 1 is 1.33 bits per heavy atom. The first-order chi connectivity index (χ1) is 11.4. The van der Waals surface area contributed by atoms with Crippen LogP contribution in [0.15, 0.2) is 10.4 Å². The maximum Gasteiger partial charge on any atom is 0.254 e. The third-order valence-corrected chi connectivity index (χ3v) is 7.58. The quantitative estimate of drug-likeness (QED) is 0.846. The van der Waals surface area contributed by atoms with Crippen LogP contribution in [0.3, 0.4) is 0 Å². The van der Waals surface area contributed by atoms with Gasteiger partial charge < -0.3 is 10.2 Å². The molecular formula is C14H20N4O4S2. The maximum absolute atomic E-state index is 12.7. The summed E-state index contributed by atoms with van der Waals surface area (Å²) in [5.74, 6) is -0.108. The van der Waals surface area contributed by atoms with E-state index in [-0.39, 0.29) is 27.2 Å². The Labute approximate surface area is 144 Å². The molecule has 0 spiro atoms. The highest BCUT2D eigenvalue weighted by Crippen LogP contribution is 2.29. The fourth-order valence-corrected chi connectivity index (χ4v) is 5.87. The lowest BCUT2D eigenvalue weighted by Gasteiger charge is -2.35. The van der Waals surface area contributed by atoms with E-state index >= 15 is 0 Å². The Bertz CT molecular complexity index is 738. The molecule has 0 atom stereocenters. The second-order valence-electron chi connectivity index (χ2n) is 5.99. The van der Waals surface area contributed by atoms with Crippen molar-refractivity contribution in [1.82, 2.24) is 14.2 Å². The molecule has 10 heteroatoms. The number of aromatic nitrogens is 1. The van der Waals surface area contributed by atoms with Crippen LogP contribution < -0.4 is 5.32 Å². The molecule has 2 amide bonds. The summed E-state index contributed by atoms with van der Waals surface area (Å²) in [5.41, 5.74) is 0. The zero-order valence-corrected chi connectivity index (χ0v) is 15.0. The molecule has 8 nitrogen and oxygen atoms in total. The number of hydrogen-bond donors (Lipinski definition) is 1. The zero-order chi connectivity index (χ0) is 17.3. The number of piperidine rings is 1. The lowest BCUT2D eigenvalue weighted by atomic mass is 10.1. The fourth-order valence-electron chi connectivity index (χ4n) is 3.16. The molecule has 2 aliphatic heterocycles. The van der Waals surface area contributed by atoms with Crippen LogP contribution in [0, 0.1) is 0 Å². The molecule has 0 aromatic carbocycles. The average molecular weight is 372 g/mol. The number of carbonyl (C=O) groups is 2. The first kappa shape index (κ1) is 17.3. The Morgan fingerprint density at radius 3 is 2.62 bits per heavy atom. The largest absolute Gasteiger partial charge is 0.340 e. The van der Waals surface area contributed by atoms with Crippen molar-refractivity contribution in [2.75, 3.05) is 25.0 Å². The SMILES string of the molecule is CC(=O)Nc1ncc(S(=O)(=O)N2CCC(N3CCCC3=O)CC2)s1. The Balaban J connectivity index is 1.65. The van der Waals surface area contributed by atoms with E-state index < -0.39 is 10.0 Å². The number of hydrogen-bond acceptors (Lipinski definition) is 6. The molecular weight excluding hydrogens is 352 g/mol. The van der Waals surface area contributed by atoms with Crippen molar-refractivity contribution in [3.8, 4) is 0 Å². The van der Waals surface area contributed by atoms with Crippen molar-refractivity contribution in [2.24, 2.45) is 0 Å². The number of anilines is 1. The first-order valence-electron chi connectivity index (χ1n) is 7.91. The molecule has 2 saturated heterocycles. The van der Waals surface area contributed by atoms with Crippen molar-refractivity contribution in [2.45, 2.75) is 42.9 Å². The van der Waals surface area contributed by atoms with Crippen LogP contribution in [0.5, 0.6) is 0 Å². The van der Waals surface area contributed by atoms with E-state index in [2.05, 4.69) is 10.3 Å². The molecule has 0 unspecified atom stereocenters. The predicted octanol–water partition coefficient (Wildman–Crippen LogP) is 0.877. The van der Waals surface area contributed by atoms with E-state index in [1.807, 2.05) is 4.90 Å². The number of nitrogens with zero attached hydrogens (tertiary/aromatic N) is 3. The number of thiazole rings is 1. The number of rotatable bonds is 4. The van der Waals surface area contributed by atoms with Crippen molar-refractivity contribution < 1.29 is 18.0 Å². The molecule has 1 N–H and O–H groups in total. The molecule has 24 heavy (non-hydrogen) atoms. The normalized spacial score (nSPS) is 20.5. The van der Waals surface area contributed by atoms with Crippen LogP contribution >= 0.6 is 11.3 Å². The summed E-state index contributed by atoms with van der Waals surface area (Å²) in [6.07, 6.45) is 4.08. The van der Waals surface area contributed by atoms with Gasteiger partial charge >= 0.3 is 0 Å². The van der Waals surface area contributed by atoms with Gasteiger partial charge in [-0.1, -0.05) is 11.3 Å². The lowest BCUT2D eigenvalue weighted by molar-refractivity contribution is -0.130. The van der Waals surface area contributed by atoms with Gasteiger partial charge in [-0.3, -0.25) is 9.59 Å². The van der Waals surface area contributed by atoms with Gasteiger partial charge in [-0.05, 0) is 19.3 Å². The van der Waals surface area contributed by atoms with Crippen LogP contribution in [-0.4, -0.2) is 60.1 Å². The summed E-state index contributed by atoms with van der Waals surface area (Å²) in [5, 5.41) is 2.77. The summed E-state index contributed by atoms with van der Waals surface area (Å²) >= 11 is 0.951. The molecule has 0 saturated carbocycles. The second-order valence-corrected chi connectivity index (χ2v) is 9.19. The standard InChI is InChI=1S/C14H20N4O4S2/c1-10(19)16-14-15-9-13(23-14)24(21,22)17-7-4-11(5-8-17)18-6-2-3-12(18)20/h9,11H,2-8H2,1H3,(H,15,16,19). The van der Waals surface area contributed by atoms with Crippen molar-refractivity contribution in [3.63, 3.8) is 0 Å². The molecule has 0 bridgehead atoms. The van der Waals surface area contributed by atoms with Gasteiger partial charge in [0.25, 0.3) is 10.0 Å². The average Bonchev–Trinajstić information content (AvgIpc) is 3.16. The predicted molar refractivity (Wildman–Crippen MR) is 89.1 cm³/mol. The third kappa shape index (κ3) is 3.45. The van der Waals surface area contributed by atoms with Gasteiger partial charge in [0, 0.05) is 39.0 Å². The number of sulfonamides is 1. The molecule has 0 aliphatic carbocycles. The van der Waals surface area contributed by atoms with E-state index in [1.165, 1.54) is 17.4 Å². The summed E-state index contributed by atoms with van der Waals surface area (Å²) in [4.78, 5) is 28.7. The van der Waals surface area contributed by atoms with E-state index in [4.69, 9.17) is 0 Å². The molecule has 1 aromatic heterocycles. The number of likely N-dealkylation sites (tertiary alicyclic amines) is 1. The fraction of sp³-hybridized carbons (Fsp3) is 0.643. The summed E-state index contributed by atoms with van der Waals surface area (Å²) in [6, 6.07) is 0.142. The second kappa shape index (κ2) is 6.77. The number of nitrogens with one attached hydrogen (secondary N) is 1. The molecule has 132 valence electrons. The van der Waals surface area contributed by atoms with Crippen LogP contribution in [-0.2, 0) is 19.6 Å². The molecule has 2 fully saturated rings. The highest BCUT2D eigenvalue weighted by molar-refractivity contribution is 7.91. The van der Waals surface area contributed by atoms with Crippen LogP contribution in [0.2, 0.25) is 0 Å². The van der Waals surface area contributed by atoms with E-state index in [9.17, 15) is 18.0 Å². The molecule has 3 rings (SSSR count). The minimum atomic E-state index is -3.60. The monoisotopic (exact) mass is 372 g/mol. The minimum Gasteiger partial charge on any atom is -0.340 e. The van der Waals surface area contributed by atoms with Crippen molar-refractivity contribution in [3.05, 3.63) is 6.20 Å². The van der Waals surface area contributed by atoms with Crippen LogP contribution in [0.25, 0.3) is 0 Å². The van der Waals surface area contributed by atoms with Gasteiger partial charge in [-0.2, -0.15) is 4.31 Å². The van der Waals surface area contributed by atoms with Crippen molar-refractivity contribution in [1.29, 1.82) is 0 Å². The molecule has 0 radical (unpaired) electrons. The highest BCUT2D eigenvalue weighted by atomic mass is 32.2. The van der Waals surface area contributed by atoms with Gasteiger partial charge in [0.1, 0.15) is 0 Å². The third-order valence-electron chi connectivity index (χ3n) is 4.34. The van der Waals surface area contributed by atoms with Gasteiger partial charge in [-0.15, -0.1) is 0 Å². The van der Waals surface area contributed by atoms with Crippen molar-refractivity contribution >= 4 is 38.3 Å². The zero-order valence-electron chi connectivity index (χ0n) is 13.4. The van der Waals surface area contributed by atoms with Gasteiger partial charge in [0.2, 0.25) is 11.8 Å². The lowest BCUT2D eigenvalue weighted by Crippen LogP contribution is -2.46. The molecule has 3 heterocycles. The highest BCUT2D eigenvalue weighted by Gasteiger charge is 2.35. The Morgan fingerprint density at radius 2 is 2.04 bits per heavy atom. The van der Waals surface area contributed by atoms with Gasteiger partial charge in [0.05, 0.1) is 6.20 Å². The summed E-state index contributed by atoms with van der Waals surface area (Å²) in [6.45, 7) is 2.92. The number of carbonyl (C=O) groups excluding carboxylic acids is 2.